The van der Waals surface area contributed by atoms with Gasteiger partial charge in [-0.15, -0.1) is 0 Å². The van der Waals surface area contributed by atoms with Gasteiger partial charge in [-0.3, -0.25) is 14.9 Å². The molecule has 0 spiro atoms. The first-order valence-corrected chi connectivity index (χ1v) is 4.81. The third-order valence-corrected chi connectivity index (χ3v) is 2.42. The summed E-state index contributed by atoms with van der Waals surface area (Å²) >= 11 is 0. The van der Waals surface area contributed by atoms with E-state index in [9.17, 15) is 14.9 Å². The Morgan fingerprint density at radius 3 is 2.50 bits per heavy atom. The fraction of sp³-hybridized carbons (Fsp3) is 0.0833. The van der Waals surface area contributed by atoms with Crippen LogP contribution in [0.2, 0.25) is 0 Å². The molecule has 1 atom stereocenters. The molecule has 0 radical (unpaired) electrons. The molecular formula is C12H9NO3. The van der Waals surface area contributed by atoms with Crippen molar-refractivity contribution >= 4 is 11.4 Å². The van der Waals surface area contributed by atoms with Gasteiger partial charge in [0.25, 0.3) is 6.04 Å². The molecule has 16 heavy (non-hydrogen) atoms. The van der Waals surface area contributed by atoms with Crippen LogP contribution in [0.5, 0.6) is 0 Å². The first kappa shape index (κ1) is 10.3. The first-order chi connectivity index (χ1) is 7.70. The zero-order chi connectivity index (χ0) is 11.5. The topological polar surface area (TPSA) is 60.2 Å². The number of allylic oxidation sites excluding steroid dienone is 2. The van der Waals surface area contributed by atoms with Gasteiger partial charge in [-0.2, -0.15) is 0 Å². The molecule has 4 heteroatoms. The fourth-order valence-corrected chi connectivity index (χ4v) is 1.68. The Labute approximate surface area is 92.1 Å². The highest BCUT2D eigenvalue weighted by Crippen LogP contribution is 2.24. The highest BCUT2D eigenvalue weighted by Gasteiger charge is 2.34. The SMILES string of the molecule is O=C1C=CC=C(c2ccccc2)C1[N+](=O)[O-]. The zero-order valence-electron chi connectivity index (χ0n) is 8.37. The Balaban J connectivity index is 2.46. The fourth-order valence-electron chi connectivity index (χ4n) is 1.68. The summed E-state index contributed by atoms with van der Waals surface area (Å²) in [6.45, 7) is 0. The molecule has 0 aromatic heterocycles. The second kappa shape index (κ2) is 4.10. The number of hydrogen-bond donors (Lipinski definition) is 0. The smallest absolute Gasteiger partial charge is 0.287 e. The van der Waals surface area contributed by atoms with Crippen LogP contribution in [0.1, 0.15) is 5.56 Å². The number of hydrogen-bond acceptors (Lipinski definition) is 3. The highest BCUT2D eigenvalue weighted by atomic mass is 16.6. The number of carbonyl (C=O) groups excluding carboxylic acids is 1. The van der Waals surface area contributed by atoms with Crippen LogP contribution >= 0.6 is 0 Å². The number of nitro groups is 1. The van der Waals surface area contributed by atoms with Crippen molar-refractivity contribution in [3.05, 3.63) is 64.2 Å². The van der Waals surface area contributed by atoms with Gasteiger partial charge in [-0.1, -0.05) is 42.5 Å². The summed E-state index contributed by atoms with van der Waals surface area (Å²) in [5.74, 6) is -0.480. The Hall–Kier alpha value is -2.23. The van der Waals surface area contributed by atoms with Crippen molar-refractivity contribution < 1.29 is 9.72 Å². The van der Waals surface area contributed by atoms with Gasteiger partial charge in [0.2, 0.25) is 5.78 Å². The molecule has 0 amide bonds. The summed E-state index contributed by atoms with van der Waals surface area (Å²) in [6.07, 6.45) is 4.40. The molecule has 1 aromatic rings. The molecule has 80 valence electrons. The Morgan fingerprint density at radius 2 is 1.88 bits per heavy atom. The minimum absolute atomic E-state index is 0.443. The quantitative estimate of drug-likeness (QED) is 0.558. The largest absolute Gasteiger partial charge is 0.299 e. The van der Waals surface area contributed by atoms with Crippen molar-refractivity contribution in [3.63, 3.8) is 0 Å². The van der Waals surface area contributed by atoms with E-state index in [0.717, 1.165) is 0 Å². The van der Waals surface area contributed by atoms with Crippen LogP contribution in [0, 0.1) is 10.1 Å². The Bertz CT molecular complexity index is 488. The maximum absolute atomic E-state index is 11.5. The molecule has 0 aliphatic heterocycles. The van der Waals surface area contributed by atoms with Crippen LogP contribution in [0.15, 0.2) is 48.6 Å². The third kappa shape index (κ3) is 1.77. The average Bonchev–Trinajstić information content (AvgIpc) is 2.29. The predicted octanol–water partition coefficient (Wildman–Crippen LogP) is 1.85. The number of ketones is 1. The molecule has 1 unspecified atom stereocenters. The average molecular weight is 215 g/mol. The van der Waals surface area contributed by atoms with Crippen LogP contribution in [-0.4, -0.2) is 16.7 Å². The zero-order valence-corrected chi connectivity index (χ0v) is 8.37. The van der Waals surface area contributed by atoms with E-state index in [1.165, 1.54) is 6.08 Å². The molecule has 0 bridgehead atoms. The van der Waals surface area contributed by atoms with Crippen molar-refractivity contribution in [1.82, 2.24) is 0 Å². The third-order valence-electron chi connectivity index (χ3n) is 2.42. The second-order valence-corrected chi connectivity index (χ2v) is 3.44. The maximum Gasteiger partial charge on any atom is 0.299 e. The summed E-state index contributed by atoms with van der Waals surface area (Å²) < 4.78 is 0. The van der Waals surface area contributed by atoms with Gasteiger partial charge >= 0.3 is 0 Å². The van der Waals surface area contributed by atoms with Crippen molar-refractivity contribution in [1.29, 1.82) is 0 Å². The van der Waals surface area contributed by atoms with E-state index < -0.39 is 16.7 Å². The normalized spacial score (nSPS) is 19.4. The van der Waals surface area contributed by atoms with Gasteiger partial charge in [0.1, 0.15) is 0 Å². The van der Waals surface area contributed by atoms with Crippen molar-refractivity contribution in [2.45, 2.75) is 6.04 Å². The van der Waals surface area contributed by atoms with Crippen LogP contribution < -0.4 is 0 Å². The Morgan fingerprint density at radius 1 is 1.19 bits per heavy atom. The van der Waals surface area contributed by atoms with E-state index >= 15 is 0 Å². The van der Waals surface area contributed by atoms with Crippen LogP contribution in [0.25, 0.3) is 5.57 Å². The van der Waals surface area contributed by atoms with E-state index in [-0.39, 0.29) is 0 Å². The van der Waals surface area contributed by atoms with E-state index in [2.05, 4.69) is 0 Å². The Kier molecular flexibility index (Phi) is 2.64. The molecule has 1 aliphatic carbocycles. The van der Waals surface area contributed by atoms with E-state index in [0.29, 0.717) is 11.1 Å². The first-order valence-electron chi connectivity index (χ1n) is 4.81. The van der Waals surface area contributed by atoms with Crippen molar-refractivity contribution in [2.75, 3.05) is 0 Å². The molecule has 4 nitrogen and oxygen atoms in total. The van der Waals surface area contributed by atoms with Gasteiger partial charge in [0.15, 0.2) is 0 Å². The number of benzene rings is 1. The molecule has 2 rings (SSSR count). The molecule has 0 saturated carbocycles. The van der Waals surface area contributed by atoms with E-state index in [1.807, 2.05) is 6.07 Å². The summed E-state index contributed by atoms with van der Waals surface area (Å²) in [7, 11) is 0. The summed E-state index contributed by atoms with van der Waals surface area (Å²) in [6, 6.07) is 7.65. The standard InChI is InChI=1S/C12H9NO3/c14-11-8-4-7-10(12(11)13(15)16)9-5-2-1-3-6-9/h1-8,12H. The monoisotopic (exact) mass is 215 g/mol. The van der Waals surface area contributed by atoms with E-state index in [4.69, 9.17) is 0 Å². The lowest BCUT2D eigenvalue weighted by Gasteiger charge is -2.13. The van der Waals surface area contributed by atoms with Crippen molar-refractivity contribution in [2.24, 2.45) is 0 Å². The maximum atomic E-state index is 11.5. The lowest BCUT2D eigenvalue weighted by Crippen LogP contribution is -2.30. The summed E-state index contributed by atoms with van der Waals surface area (Å²) in [5, 5.41) is 10.9. The minimum atomic E-state index is -1.27. The molecule has 0 fully saturated rings. The molecule has 1 aromatic carbocycles. The summed E-state index contributed by atoms with van der Waals surface area (Å²) in [5.41, 5.74) is 1.15. The van der Waals surface area contributed by atoms with Gasteiger partial charge < -0.3 is 0 Å². The summed E-state index contributed by atoms with van der Waals surface area (Å²) in [4.78, 5) is 21.8. The second-order valence-electron chi connectivity index (χ2n) is 3.44. The number of rotatable bonds is 2. The van der Waals surface area contributed by atoms with Crippen LogP contribution in [0.3, 0.4) is 0 Å². The van der Waals surface area contributed by atoms with Crippen molar-refractivity contribution in [3.8, 4) is 0 Å². The highest BCUT2D eigenvalue weighted by molar-refractivity contribution is 6.05. The number of carbonyl (C=O) groups is 1. The number of nitrogens with zero attached hydrogens (tertiary/aromatic N) is 1. The van der Waals surface area contributed by atoms with Gasteiger partial charge in [-0.05, 0) is 11.6 Å². The molecule has 0 saturated heterocycles. The molecular weight excluding hydrogens is 206 g/mol. The lowest BCUT2D eigenvalue weighted by molar-refractivity contribution is -0.491. The minimum Gasteiger partial charge on any atom is -0.287 e. The van der Waals surface area contributed by atoms with Gasteiger partial charge in [0.05, 0.1) is 0 Å². The van der Waals surface area contributed by atoms with Gasteiger partial charge in [0, 0.05) is 10.5 Å². The molecule has 1 aliphatic rings. The predicted molar refractivity (Wildman–Crippen MR) is 59.3 cm³/mol. The van der Waals surface area contributed by atoms with Crippen LogP contribution in [0.4, 0.5) is 0 Å². The molecule has 0 heterocycles. The van der Waals surface area contributed by atoms with Crippen LogP contribution in [-0.2, 0) is 4.79 Å². The van der Waals surface area contributed by atoms with Gasteiger partial charge in [-0.25, -0.2) is 0 Å². The lowest BCUT2D eigenvalue weighted by atomic mass is 9.92. The van der Waals surface area contributed by atoms with E-state index in [1.54, 1.807) is 36.4 Å². The molecule has 0 N–H and O–H groups in total.